The molecule has 0 radical (unpaired) electrons. The van der Waals surface area contributed by atoms with Crippen molar-refractivity contribution in [3.63, 3.8) is 0 Å². The second kappa shape index (κ2) is 4.38. The average Bonchev–Trinajstić information content (AvgIpc) is 2.09. The molecule has 0 spiro atoms. The highest BCUT2D eigenvalue weighted by atomic mass is 79.9. The van der Waals surface area contributed by atoms with Gasteiger partial charge in [-0.15, -0.1) is 0 Å². The number of aromatic nitrogens is 1. The fourth-order valence-electron chi connectivity index (χ4n) is 0.771. The summed E-state index contributed by atoms with van der Waals surface area (Å²) in [5.41, 5.74) is 1.77. The number of halogens is 1. The quantitative estimate of drug-likeness (QED) is 0.841. The van der Waals surface area contributed by atoms with Gasteiger partial charge in [0, 0.05) is 10.7 Å². The molecule has 0 saturated heterocycles. The lowest BCUT2D eigenvalue weighted by Crippen LogP contribution is -1.85. The van der Waals surface area contributed by atoms with Crippen LogP contribution in [0.4, 0.5) is 0 Å². The molecule has 0 saturated carbocycles. The zero-order valence-electron chi connectivity index (χ0n) is 6.79. The Morgan fingerprint density at radius 1 is 1.67 bits per heavy atom. The molecule has 12 heavy (non-hydrogen) atoms. The Morgan fingerprint density at radius 3 is 2.92 bits per heavy atom. The third-order valence-corrected chi connectivity index (χ3v) is 1.86. The van der Waals surface area contributed by atoms with Gasteiger partial charge >= 0.3 is 0 Å². The fourth-order valence-corrected chi connectivity index (χ4v) is 1.01. The molecule has 1 N–H and O–H groups in total. The van der Waals surface area contributed by atoms with Crippen LogP contribution >= 0.6 is 15.9 Å². The first-order chi connectivity index (χ1) is 5.72. The van der Waals surface area contributed by atoms with Gasteiger partial charge in [-0.3, -0.25) is 4.98 Å². The SMILES string of the molecule is C/C(=C/c1ccc(Br)cn1)CO. The molecule has 0 aromatic carbocycles. The van der Waals surface area contributed by atoms with Crippen molar-refractivity contribution in [2.75, 3.05) is 6.61 Å². The predicted molar refractivity (Wildman–Crippen MR) is 52.7 cm³/mol. The molecule has 1 heterocycles. The summed E-state index contributed by atoms with van der Waals surface area (Å²) in [4.78, 5) is 4.13. The Bertz CT molecular complexity index is 279. The van der Waals surface area contributed by atoms with Crippen LogP contribution in [0, 0.1) is 0 Å². The van der Waals surface area contributed by atoms with Crippen LogP contribution in [0.2, 0.25) is 0 Å². The summed E-state index contributed by atoms with van der Waals surface area (Å²) in [5.74, 6) is 0. The molecular formula is C9H10BrNO. The summed E-state index contributed by atoms with van der Waals surface area (Å²) in [5, 5.41) is 8.75. The summed E-state index contributed by atoms with van der Waals surface area (Å²) in [6.07, 6.45) is 3.59. The van der Waals surface area contributed by atoms with Crippen molar-refractivity contribution in [1.82, 2.24) is 4.98 Å². The summed E-state index contributed by atoms with van der Waals surface area (Å²) in [7, 11) is 0. The Morgan fingerprint density at radius 2 is 2.42 bits per heavy atom. The van der Waals surface area contributed by atoms with Crippen LogP contribution in [0.15, 0.2) is 28.4 Å². The number of pyridine rings is 1. The van der Waals surface area contributed by atoms with Gasteiger partial charge < -0.3 is 5.11 Å². The molecule has 0 aliphatic heterocycles. The first-order valence-corrected chi connectivity index (χ1v) is 4.41. The molecule has 1 aromatic heterocycles. The van der Waals surface area contributed by atoms with Gasteiger partial charge in [0.2, 0.25) is 0 Å². The van der Waals surface area contributed by atoms with Crippen LogP contribution in [0.5, 0.6) is 0 Å². The monoisotopic (exact) mass is 227 g/mol. The third-order valence-electron chi connectivity index (χ3n) is 1.39. The zero-order valence-corrected chi connectivity index (χ0v) is 8.37. The van der Waals surface area contributed by atoms with E-state index in [0.717, 1.165) is 15.7 Å². The van der Waals surface area contributed by atoms with Crippen molar-refractivity contribution in [2.45, 2.75) is 6.92 Å². The normalized spacial score (nSPS) is 11.8. The van der Waals surface area contributed by atoms with Crippen LogP contribution in [0.3, 0.4) is 0 Å². The maximum Gasteiger partial charge on any atom is 0.0642 e. The lowest BCUT2D eigenvalue weighted by molar-refractivity contribution is 0.332. The number of rotatable bonds is 2. The van der Waals surface area contributed by atoms with E-state index in [1.165, 1.54) is 0 Å². The van der Waals surface area contributed by atoms with E-state index in [0.29, 0.717) is 0 Å². The van der Waals surface area contributed by atoms with E-state index in [2.05, 4.69) is 20.9 Å². The predicted octanol–water partition coefficient (Wildman–Crippen LogP) is 2.24. The summed E-state index contributed by atoms with van der Waals surface area (Å²) in [6.45, 7) is 1.95. The van der Waals surface area contributed by atoms with Crippen molar-refractivity contribution in [3.8, 4) is 0 Å². The van der Waals surface area contributed by atoms with E-state index < -0.39 is 0 Å². The van der Waals surface area contributed by atoms with Gasteiger partial charge in [0.25, 0.3) is 0 Å². The maximum atomic E-state index is 8.75. The lowest BCUT2D eigenvalue weighted by Gasteiger charge is -1.95. The Balaban J connectivity index is 2.84. The molecular weight excluding hydrogens is 218 g/mol. The maximum absolute atomic E-state index is 8.75. The largest absolute Gasteiger partial charge is 0.392 e. The Hall–Kier alpha value is -0.670. The second-order valence-corrected chi connectivity index (χ2v) is 3.47. The minimum atomic E-state index is 0.0811. The van der Waals surface area contributed by atoms with Gasteiger partial charge in [-0.2, -0.15) is 0 Å². The van der Waals surface area contributed by atoms with Gasteiger partial charge in [0.05, 0.1) is 12.3 Å². The molecule has 0 aliphatic rings. The lowest BCUT2D eigenvalue weighted by atomic mass is 10.2. The first kappa shape index (κ1) is 9.42. The summed E-state index contributed by atoms with van der Waals surface area (Å²) < 4.78 is 0.960. The van der Waals surface area contributed by atoms with Gasteiger partial charge in [0.1, 0.15) is 0 Å². The van der Waals surface area contributed by atoms with Crippen molar-refractivity contribution in [1.29, 1.82) is 0 Å². The van der Waals surface area contributed by atoms with E-state index in [1.54, 1.807) is 6.20 Å². The molecule has 3 heteroatoms. The van der Waals surface area contributed by atoms with Gasteiger partial charge in [-0.1, -0.05) is 0 Å². The molecule has 2 nitrogen and oxygen atoms in total. The van der Waals surface area contributed by atoms with Gasteiger partial charge in [-0.25, -0.2) is 0 Å². The zero-order chi connectivity index (χ0) is 8.97. The molecule has 0 unspecified atom stereocenters. The highest BCUT2D eigenvalue weighted by Crippen LogP contribution is 2.09. The van der Waals surface area contributed by atoms with Gasteiger partial charge in [0.15, 0.2) is 0 Å². The summed E-state index contributed by atoms with van der Waals surface area (Å²) >= 11 is 3.30. The second-order valence-electron chi connectivity index (χ2n) is 2.55. The number of aliphatic hydroxyl groups is 1. The molecule has 1 rings (SSSR count). The summed E-state index contributed by atoms with van der Waals surface area (Å²) in [6, 6.07) is 3.81. The smallest absolute Gasteiger partial charge is 0.0642 e. The van der Waals surface area contributed by atoms with Crippen LogP contribution in [-0.2, 0) is 0 Å². The van der Waals surface area contributed by atoms with Crippen molar-refractivity contribution in [2.24, 2.45) is 0 Å². The van der Waals surface area contributed by atoms with Crippen molar-refractivity contribution < 1.29 is 5.11 Å². The van der Waals surface area contributed by atoms with E-state index >= 15 is 0 Å². The molecule has 0 aliphatic carbocycles. The van der Waals surface area contributed by atoms with Crippen LogP contribution in [0.1, 0.15) is 12.6 Å². The number of hydrogen-bond acceptors (Lipinski definition) is 2. The van der Waals surface area contributed by atoms with Crippen molar-refractivity contribution in [3.05, 3.63) is 34.1 Å². The van der Waals surface area contributed by atoms with Crippen LogP contribution in [-0.4, -0.2) is 16.7 Å². The Kier molecular flexibility index (Phi) is 3.44. The molecule has 0 bridgehead atoms. The highest BCUT2D eigenvalue weighted by molar-refractivity contribution is 9.10. The highest BCUT2D eigenvalue weighted by Gasteiger charge is 1.91. The van der Waals surface area contributed by atoms with Crippen LogP contribution < -0.4 is 0 Å². The van der Waals surface area contributed by atoms with Crippen molar-refractivity contribution >= 4 is 22.0 Å². The van der Waals surface area contributed by atoms with E-state index in [4.69, 9.17) is 5.11 Å². The van der Waals surface area contributed by atoms with Gasteiger partial charge in [-0.05, 0) is 46.6 Å². The Labute approximate surface area is 80.1 Å². The standard InChI is InChI=1S/C9H10BrNO/c1-7(6-12)4-9-3-2-8(10)5-11-9/h2-5,12H,6H2,1H3/b7-4-. The average molecular weight is 228 g/mol. The fraction of sp³-hybridized carbons (Fsp3) is 0.222. The minimum Gasteiger partial charge on any atom is -0.392 e. The first-order valence-electron chi connectivity index (χ1n) is 3.62. The van der Waals surface area contributed by atoms with E-state index in [1.807, 2.05) is 25.1 Å². The third kappa shape index (κ3) is 2.75. The molecule has 1 aromatic rings. The van der Waals surface area contributed by atoms with Crippen LogP contribution in [0.25, 0.3) is 6.08 Å². The number of hydrogen-bond donors (Lipinski definition) is 1. The molecule has 0 fully saturated rings. The molecule has 0 atom stereocenters. The topological polar surface area (TPSA) is 33.1 Å². The van der Waals surface area contributed by atoms with E-state index in [-0.39, 0.29) is 6.61 Å². The minimum absolute atomic E-state index is 0.0811. The number of nitrogens with zero attached hydrogens (tertiary/aromatic N) is 1. The molecule has 0 amide bonds. The number of aliphatic hydroxyl groups excluding tert-OH is 1. The van der Waals surface area contributed by atoms with E-state index in [9.17, 15) is 0 Å². The molecule has 64 valence electrons.